The van der Waals surface area contributed by atoms with Crippen LogP contribution in [0.5, 0.6) is 0 Å². The van der Waals surface area contributed by atoms with Crippen molar-refractivity contribution in [3.8, 4) is 0 Å². The monoisotopic (exact) mass is 397 g/mol. The fraction of sp³-hybridized carbons (Fsp3) is 0.429. The van der Waals surface area contributed by atoms with Crippen molar-refractivity contribution in [2.75, 3.05) is 24.6 Å². The number of fused-ring (bicyclic) bond motifs is 1. The van der Waals surface area contributed by atoms with Gasteiger partial charge in [-0.1, -0.05) is 30.3 Å². The molecule has 1 aliphatic heterocycles. The number of H-pyrrole nitrogens is 1. The lowest BCUT2D eigenvalue weighted by Crippen LogP contribution is -2.21. The first-order valence-electron chi connectivity index (χ1n) is 9.79. The van der Waals surface area contributed by atoms with Gasteiger partial charge in [-0.15, -0.1) is 0 Å². The number of nitrogen functional groups attached to an aromatic ring is 1. The number of anilines is 1. The van der Waals surface area contributed by atoms with Crippen LogP contribution in [-0.2, 0) is 12.3 Å². The number of β-amino-alcohol motifs (C(OH)–C–C–N with tert-alkyl or cyclic N) is 1. The van der Waals surface area contributed by atoms with Crippen LogP contribution in [0.4, 0.5) is 5.82 Å². The Bertz CT molecular complexity index is 900. The number of aromatic amines is 1. The van der Waals surface area contributed by atoms with Gasteiger partial charge in [-0.3, -0.25) is 4.90 Å². The number of likely N-dealkylation sites (tertiary alicyclic amines) is 1. The zero-order chi connectivity index (χ0) is 19.3. The van der Waals surface area contributed by atoms with E-state index in [9.17, 15) is 5.11 Å². The largest absolute Gasteiger partial charge is 0.391 e. The third kappa shape index (κ3) is 4.66. The zero-order valence-electron chi connectivity index (χ0n) is 15.9. The van der Waals surface area contributed by atoms with Gasteiger partial charge in [-0.05, 0) is 36.1 Å². The minimum absolute atomic E-state index is 0.242. The molecule has 1 aliphatic rings. The first kappa shape index (κ1) is 19.2. The van der Waals surface area contributed by atoms with E-state index in [0.29, 0.717) is 11.7 Å². The molecule has 0 saturated carbocycles. The fourth-order valence-electron chi connectivity index (χ4n) is 3.90. The van der Waals surface area contributed by atoms with E-state index in [0.717, 1.165) is 60.7 Å². The van der Waals surface area contributed by atoms with Gasteiger partial charge in [0.1, 0.15) is 11.8 Å². The maximum atomic E-state index is 10.5. The smallest absolute Gasteiger partial charge is 0.151 e. The van der Waals surface area contributed by atoms with Crippen molar-refractivity contribution in [3.63, 3.8) is 0 Å². The Hall–Kier alpha value is -2.09. The number of nitrogens with two attached hydrogens (primary N) is 1. The summed E-state index contributed by atoms with van der Waals surface area (Å²) in [6, 6.07) is 12.6. The number of aromatic nitrogens is 3. The van der Waals surface area contributed by atoms with Crippen molar-refractivity contribution in [1.29, 1.82) is 0 Å². The molecule has 3 heterocycles. The lowest BCUT2D eigenvalue weighted by Gasteiger charge is -2.14. The summed E-state index contributed by atoms with van der Waals surface area (Å²) in [5, 5.41) is 10.5. The molecule has 0 amide bonds. The highest BCUT2D eigenvalue weighted by molar-refractivity contribution is 7.98. The molecule has 1 fully saturated rings. The molecule has 2 aromatic heterocycles. The highest BCUT2D eigenvalue weighted by Crippen LogP contribution is 2.26. The number of nitrogens with zero attached hydrogens (tertiary/aromatic N) is 3. The number of benzene rings is 1. The average molecular weight is 398 g/mol. The maximum Gasteiger partial charge on any atom is 0.151 e. The highest BCUT2D eigenvalue weighted by atomic mass is 32.2. The molecular formula is C21H27N5OS. The van der Waals surface area contributed by atoms with E-state index in [4.69, 9.17) is 5.73 Å². The Labute approximate surface area is 169 Å². The summed E-state index contributed by atoms with van der Waals surface area (Å²) < 4.78 is 0. The fourth-order valence-corrected chi connectivity index (χ4v) is 4.85. The molecule has 0 bridgehead atoms. The van der Waals surface area contributed by atoms with Crippen LogP contribution >= 0.6 is 11.8 Å². The van der Waals surface area contributed by atoms with Gasteiger partial charge in [-0.25, -0.2) is 9.97 Å². The first-order valence-corrected chi connectivity index (χ1v) is 10.9. The van der Waals surface area contributed by atoms with Crippen molar-refractivity contribution < 1.29 is 5.11 Å². The third-order valence-electron chi connectivity index (χ3n) is 5.35. The van der Waals surface area contributed by atoms with Gasteiger partial charge in [0.25, 0.3) is 0 Å². The predicted molar refractivity (Wildman–Crippen MR) is 115 cm³/mol. The molecule has 1 unspecified atom stereocenters. The Morgan fingerprint density at radius 2 is 2.07 bits per heavy atom. The topological polar surface area (TPSA) is 91.1 Å². The minimum Gasteiger partial charge on any atom is -0.391 e. The standard InChI is InChI=1S/C21H27N5OS/c22-21-20-18(23-14-24-21)9-17(25-20)11-26-10-16(19(27)12-26)7-4-8-28-13-15-5-2-1-3-6-15/h1-3,5-6,9,14,16,19,25,27H,4,7-8,10-13H2,(H2,22,23,24)/t16?,19-/m0/s1. The quantitative estimate of drug-likeness (QED) is 0.506. The molecule has 0 aliphatic carbocycles. The van der Waals surface area contributed by atoms with Gasteiger partial charge < -0.3 is 15.8 Å². The van der Waals surface area contributed by atoms with Crippen molar-refractivity contribution in [2.45, 2.75) is 31.2 Å². The second-order valence-corrected chi connectivity index (χ2v) is 8.62. The van der Waals surface area contributed by atoms with Crippen LogP contribution in [0.1, 0.15) is 24.1 Å². The zero-order valence-corrected chi connectivity index (χ0v) is 16.7. The van der Waals surface area contributed by atoms with E-state index in [-0.39, 0.29) is 6.10 Å². The number of rotatable bonds is 8. The van der Waals surface area contributed by atoms with E-state index >= 15 is 0 Å². The van der Waals surface area contributed by atoms with E-state index in [1.807, 2.05) is 17.8 Å². The molecule has 2 atom stereocenters. The van der Waals surface area contributed by atoms with Crippen LogP contribution in [0.15, 0.2) is 42.7 Å². The third-order valence-corrected chi connectivity index (χ3v) is 6.47. The van der Waals surface area contributed by atoms with Crippen LogP contribution in [-0.4, -0.2) is 49.9 Å². The molecule has 6 nitrogen and oxygen atoms in total. The lowest BCUT2D eigenvalue weighted by atomic mass is 10.0. The first-order chi connectivity index (χ1) is 13.7. The SMILES string of the molecule is Nc1ncnc2cc(CN3CC(CCCSCc4ccccc4)[C@@H](O)C3)[nH]c12. The Morgan fingerprint density at radius 1 is 1.21 bits per heavy atom. The molecule has 1 aromatic carbocycles. The van der Waals surface area contributed by atoms with Gasteiger partial charge >= 0.3 is 0 Å². The number of thioether (sulfide) groups is 1. The maximum absolute atomic E-state index is 10.5. The minimum atomic E-state index is -0.242. The molecular weight excluding hydrogens is 370 g/mol. The van der Waals surface area contributed by atoms with Gasteiger partial charge in [0, 0.05) is 31.1 Å². The molecule has 4 N–H and O–H groups in total. The number of hydrogen-bond donors (Lipinski definition) is 3. The van der Waals surface area contributed by atoms with E-state index < -0.39 is 0 Å². The summed E-state index contributed by atoms with van der Waals surface area (Å²) >= 11 is 1.97. The number of aliphatic hydroxyl groups excluding tert-OH is 1. The second-order valence-electron chi connectivity index (χ2n) is 7.52. The number of aliphatic hydroxyl groups is 1. The summed E-state index contributed by atoms with van der Waals surface area (Å²) in [5.74, 6) is 3.03. The normalized spacial score (nSPS) is 20.2. The van der Waals surface area contributed by atoms with Gasteiger partial charge in [0.2, 0.25) is 0 Å². The van der Waals surface area contributed by atoms with Crippen LogP contribution in [0, 0.1) is 5.92 Å². The van der Waals surface area contributed by atoms with Gasteiger partial charge in [0.15, 0.2) is 5.82 Å². The lowest BCUT2D eigenvalue weighted by molar-refractivity contribution is 0.137. The van der Waals surface area contributed by atoms with Crippen molar-refractivity contribution >= 4 is 28.6 Å². The van der Waals surface area contributed by atoms with Crippen molar-refractivity contribution in [1.82, 2.24) is 19.9 Å². The number of hydrogen-bond acceptors (Lipinski definition) is 6. The molecule has 3 aromatic rings. The summed E-state index contributed by atoms with van der Waals surface area (Å²) in [4.78, 5) is 13.9. The molecule has 0 spiro atoms. The Morgan fingerprint density at radius 3 is 2.89 bits per heavy atom. The Kier molecular flexibility index (Phi) is 6.14. The van der Waals surface area contributed by atoms with Crippen LogP contribution in [0.3, 0.4) is 0 Å². The molecule has 28 heavy (non-hydrogen) atoms. The van der Waals surface area contributed by atoms with E-state index in [1.165, 1.54) is 11.9 Å². The predicted octanol–water partition coefficient (Wildman–Crippen LogP) is 3.05. The van der Waals surface area contributed by atoms with Crippen LogP contribution < -0.4 is 5.73 Å². The van der Waals surface area contributed by atoms with E-state index in [2.05, 4.69) is 50.2 Å². The van der Waals surface area contributed by atoms with Crippen LogP contribution in [0.2, 0.25) is 0 Å². The molecule has 1 saturated heterocycles. The van der Waals surface area contributed by atoms with Crippen molar-refractivity contribution in [2.24, 2.45) is 5.92 Å². The molecule has 0 radical (unpaired) electrons. The highest BCUT2D eigenvalue weighted by Gasteiger charge is 2.30. The van der Waals surface area contributed by atoms with Crippen LogP contribution in [0.25, 0.3) is 11.0 Å². The Balaban J connectivity index is 1.22. The summed E-state index contributed by atoms with van der Waals surface area (Å²) in [6.45, 7) is 2.42. The van der Waals surface area contributed by atoms with Gasteiger partial charge in [0.05, 0.1) is 11.6 Å². The summed E-state index contributed by atoms with van der Waals surface area (Å²) in [6.07, 6.45) is 3.46. The van der Waals surface area contributed by atoms with E-state index in [1.54, 1.807) is 0 Å². The van der Waals surface area contributed by atoms with Gasteiger partial charge in [-0.2, -0.15) is 11.8 Å². The molecule has 148 valence electrons. The molecule has 7 heteroatoms. The summed E-state index contributed by atoms with van der Waals surface area (Å²) in [5.41, 5.74) is 9.98. The summed E-state index contributed by atoms with van der Waals surface area (Å²) in [7, 11) is 0. The second kappa shape index (κ2) is 8.94. The molecule has 4 rings (SSSR count). The van der Waals surface area contributed by atoms with Crippen molar-refractivity contribution in [3.05, 3.63) is 54.0 Å². The average Bonchev–Trinajstić information content (AvgIpc) is 3.26. The number of nitrogens with one attached hydrogen (secondary N) is 1.